The molecule has 0 aromatic heterocycles. The third-order valence-electron chi connectivity index (χ3n) is 4.55. The van der Waals surface area contributed by atoms with Crippen LogP contribution in [0, 0.1) is 0 Å². The highest BCUT2D eigenvalue weighted by atomic mass is 16.5. The molecule has 1 aromatic carbocycles. The fourth-order valence-corrected chi connectivity index (χ4v) is 2.83. The number of aromatic carboxylic acids is 1. The van der Waals surface area contributed by atoms with Gasteiger partial charge >= 0.3 is 11.9 Å². The number of carbonyl (C=O) groups is 2. The molecule has 0 radical (unpaired) electrons. The molecule has 31 heavy (non-hydrogen) atoms. The summed E-state index contributed by atoms with van der Waals surface area (Å²) in [6.07, 6.45) is 26.9. The Kier molecular flexibility index (Phi) is 15.1. The standard InChI is InChI=1S/C27H36O4/c1-2-3-4-5-6-7-8-9-10-11-12-13-14-15-16-17-18-23-26(28)31-25-22-20-19-21-24(25)27(29)30/h6-7,9-10,12-13,15-16,19-22H,2-5,8,11,14,17-18,23H2,1H3,(H,29,30)/b7-6+,10-9+,13-12+,16-15+. The molecule has 0 unspecified atom stereocenters. The van der Waals surface area contributed by atoms with Gasteiger partial charge in [-0.15, -0.1) is 0 Å². The van der Waals surface area contributed by atoms with Gasteiger partial charge in [-0.25, -0.2) is 4.79 Å². The minimum atomic E-state index is -1.11. The van der Waals surface area contributed by atoms with E-state index in [1.807, 2.05) is 0 Å². The highest BCUT2D eigenvalue weighted by Crippen LogP contribution is 2.18. The van der Waals surface area contributed by atoms with E-state index in [0.29, 0.717) is 6.42 Å². The Morgan fingerprint density at radius 1 is 0.806 bits per heavy atom. The van der Waals surface area contributed by atoms with Crippen molar-refractivity contribution in [3.63, 3.8) is 0 Å². The molecule has 0 fully saturated rings. The van der Waals surface area contributed by atoms with Gasteiger partial charge in [0.2, 0.25) is 0 Å². The fourth-order valence-electron chi connectivity index (χ4n) is 2.83. The number of carboxylic acid groups (broad SMARTS) is 1. The summed E-state index contributed by atoms with van der Waals surface area (Å²) < 4.78 is 5.17. The highest BCUT2D eigenvalue weighted by Gasteiger charge is 2.13. The second-order valence-electron chi connectivity index (χ2n) is 7.26. The molecule has 0 aliphatic rings. The molecule has 0 spiro atoms. The lowest BCUT2D eigenvalue weighted by Crippen LogP contribution is -2.10. The van der Waals surface area contributed by atoms with Crippen LogP contribution in [0.5, 0.6) is 5.75 Å². The van der Waals surface area contributed by atoms with Crippen LogP contribution in [0.4, 0.5) is 0 Å². The van der Waals surface area contributed by atoms with E-state index in [0.717, 1.165) is 25.7 Å². The predicted molar refractivity (Wildman–Crippen MR) is 127 cm³/mol. The Bertz CT molecular complexity index is 756. The number of allylic oxidation sites excluding steroid dienone is 8. The Morgan fingerprint density at radius 3 is 1.94 bits per heavy atom. The number of unbranched alkanes of at least 4 members (excludes halogenated alkanes) is 4. The van der Waals surface area contributed by atoms with E-state index < -0.39 is 11.9 Å². The number of para-hydroxylation sites is 1. The Labute approximate surface area is 187 Å². The molecule has 4 heteroatoms. The number of hydrogen-bond acceptors (Lipinski definition) is 3. The van der Waals surface area contributed by atoms with Gasteiger partial charge in [-0.3, -0.25) is 4.79 Å². The van der Waals surface area contributed by atoms with Crippen molar-refractivity contribution >= 4 is 11.9 Å². The summed E-state index contributed by atoms with van der Waals surface area (Å²) in [4.78, 5) is 23.0. The number of hydrogen-bond donors (Lipinski definition) is 1. The van der Waals surface area contributed by atoms with Crippen LogP contribution in [0.1, 0.15) is 81.5 Å². The van der Waals surface area contributed by atoms with Gasteiger partial charge in [0.15, 0.2) is 0 Å². The predicted octanol–water partition coefficient (Wildman–Crippen LogP) is 7.44. The monoisotopic (exact) mass is 424 g/mol. The molecule has 0 amide bonds. The second-order valence-corrected chi connectivity index (χ2v) is 7.26. The average molecular weight is 425 g/mol. The first-order valence-electron chi connectivity index (χ1n) is 11.3. The molecule has 0 bridgehead atoms. The van der Waals surface area contributed by atoms with Crippen LogP contribution >= 0.6 is 0 Å². The minimum Gasteiger partial charge on any atom is -0.478 e. The normalized spacial score (nSPS) is 11.9. The number of rotatable bonds is 16. The molecular formula is C27H36O4. The molecule has 1 aromatic rings. The molecule has 4 nitrogen and oxygen atoms in total. The van der Waals surface area contributed by atoms with Gasteiger partial charge in [-0.2, -0.15) is 0 Å². The first-order valence-corrected chi connectivity index (χ1v) is 11.3. The van der Waals surface area contributed by atoms with Crippen LogP contribution in [0.2, 0.25) is 0 Å². The molecule has 0 saturated heterocycles. The summed E-state index contributed by atoms with van der Waals surface area (Å²) in [7, 11) is 0. The quantitative estimate of drug-likeness (QED) is 0.130. The number of benzene rings is 1. The van der Waals surface area contributed by atoms with Crippen LogP contribution in [-0.4, -0.2) is 17.0 Å². The zero-order chi connectivity index (χ0) is 22.6. The minimum absolute atomic E-state index is 0.00347. The van der Waals surface area contributed by atoms with E-state index >= 15 is 0 Å². The van der Waals surface area contributed by atoms with Crippen LogP contribution in [0.15, 0.2) is 72.9 Å². The number of ether oxygens (including phenoxy) is 1. The third kappa shape index (κ3) is 13.9. The molecule has 0 aliphatic carbocycles. The van der Waals surface area contributed by atoms with Crippen molar-refractivity contribution in [1.29, 1.82) is 0 Å². The largest absolute Gasteiger partial charge is 0.478 e. The number of carboxylic acids is 1. The van der Waals surface area contributed by atoms with Crippen molar-refractivity contribution in [3.8, 4) is 5.75 Å². The number of carbonyl (C=O) groups excluding carboxylic acids is 1. The zero-order valence-corrected chi connectivity index (χ0v) is 18.7. The molecule has 168 valence electrons. The molecule has 0 saturated carbocycles. The highest BCUT2D eigenvalue weighted by molar-refractivity contribution is 5.91. The molecule has 0 aliphatic heterocycles. The van der Waals surface area contributed by atoms with Gasteiger partial charge in [-0.1, -0.05) is 80.5 Å². The van der Waals surface area contributed by atoms with Crippen LogP contribution < -0.4 is 4.74 Å². The Hall–Kier alpha value is -2.88. The SMILES string of the molecule is CCCCC/C=C/C/C=C/C/C=C/C/C=C/CCCC(=O)Oc1ccccc1C(=O)O. The smallest absolute Gasteiger partial charge is 0.339 e. The topological polar surface area (TPSA) is 63.6 Å². The maximum absolute atomic E-state index is 11.9. The Balaban J connectivity index is 2.08. The molecule has 1 N–H and O–H groups in total. The van der Waals surface area contributed by atoms with Gasteiger partial charge in [-0.05, 0) is 57.1 Å². The van der Waals surface area contributed by atoms with E-state index in [2.05, 4.69) is 55.5 Å². The zero-order valence-electron chi connectivity index (χ0n) is 18.7. The number of esters is 1. The maximum Gasteiger partial charge on any atom is 0.339 e. The van der Waals surface area contributed by atoms with Crippen molar-refractivity contribution in [3.05, 3.63) is 78.4 Å². The summed E-state index contributed by atoms with van der Waals surface area (Å²) in [5, 5.41) is 9.10. The van der Waals surface area contributed by atoms with Crippen LogP contribution in [0.3, 0.4) is 0 Å². The van der Waals surface area contributed by atoms with Crippen molar-refractivity contribution in [2.75, 3.05) is 0 Å². The van der Waals surface area contributed by atoms with E-state index in [-0.39, 0.29) is 17.7 Å². The van der Waals surface area contributed by atoms with Gasteiger partial charge in [0, 0.05) is 6.42 Å². The summed E-state index contributed by atoms with van der Waals surface area (Å²) in [5.41, 5.74) is -0.00347. The van der Waals surface area contributed by atoms with Gasteiger partial charge < -0.3 is 9.84 Å². The van der Waals surface area contributed by atoms with Crippen LogP contribution in [0.25, 0.3) is 0 Å². The lowest BCUT2D eigenvalue weighted by atomic mass is 10.2. The lowest BCUT2D eigenvalue weighted by molar-refractivity contribution is -0.134. The summed E-state index contributed by atoms with van der Waals surface area (Å²) in [6.45, 7) is 2.22. The fraction of sp³-hybridized carbons (Fsp3) is 0.407. The van der Waals surface area contributed by atoms with Gasteiger partial charge in [0.05, 0.1) is 0 Å². The maximum atomic E-state index is 11.9. The molecule has 1 rings (SSSR count). The first-order chi connectivity index (χ1) is 15.1. The van der Waals surface area contributed by atoms with Crippen molar-refractivity contribution < 1.29 is 19.4 Å². The van der Waals surface area contributed by atoms with E-state index in [9.17, 15) is 9.59 Å². The summed E-state index contributed by atoms with van der Waals surface area (Å²) in [6, 6.07) is 6.16. The van der Waals surface area contributed by atoms with Crippen molar-refractivity contribution in [2.24, 2.45) is 0 Å². The molecule has 0 atom stereocenters. The Morgan fingerprint density at radius 2 is 1.35 bits per heavy atom. The summed E-state index contributed by atoms with van der Waals surface area (Å²) in [5.74, 6) is -1.42. The first kappa shape index (κ1) is 26.2. The molecular weight excluding hydrogens is 388 g/mol. The average Bonchev–Trinajstić information content (AvgIpc) is 2.76. The van der Waals surface area contributed by atoms with Gasteiger partial charge in [0.25, 0.3) is 0 Å². The third-order valence-corrected chi connectivity index (χ3v) is 4.55. The van der Waals surface area contributed by atoms with E-state index in [1.54, 1.807) is 12.1 Å². The van der Waals surface area contributed by atoms with Crippen molar-refractivity contribution in [1.82, 2.24) is 0 Å². The van der Waals surface area contributed by atoms with Crippen molar-refractivity contribution in [2.45, 2.75) is 71.1 Å². The molecule has 0 heterocycles. The van der Waals surface area contributed by atoms with E-state index in [1.165, 1.54) is 37.8 Å². The second kappa shape index (κ2) is 17.9. The summed E-state index contributed by atoms with van der Waals surface area (Å²) >= 11 is 0. The lowest BCUT2D eigenvalue weighted by Gasteiger charge is -2.06. The van der Waals surface area contributed by atoms with E-state index in [4.69, 9.17) is 9.84 Å². The van der Waals surface area contributed by atoms with Gasteiger partial charge in [0.1, 0.15) is 11.3 Å². The van der Waals surface area contributed by atoms with Crippen LogP contribution in [-0.2, 0) is 4.79 Å².